The number of benzene rings is 1. The lowest BCUT2D eigenvalue weighted by Gasteiger charge is -2.17. The van der Waals surface area contributed by atoms with Crippen LogP contribution in [0.2, 0.25) is 5.02 Å². The molecular weight excluding hydrogens is 356 g/mol. The van der Waals surface area contributed by atoms with E-state index >= 15 is 0 Å². The summed E-state index contributed by atoms with van der Waals surface area (Å²) in [4.78, 5) is 23.6. The molecule has 0 aliphatic heterocycles. The van der Waals surface area contributed by atoms with Crippen LogP contribution in [0.4, 0.5) is 5.69 Å². The number of carboxylic acids is 1. The molecule has 0 spiro atoms. The number of aliphatic carboxylic acids is 1. The smallest absolute Gasteiger partial charge is 0.321 e. The molecule has 0 aromatic heterocycles. The van der Waals surface area contributed by atoms with Crippen LogP contribution in [-0.2, 0) is 9.59 Å². The van der Waals surface area contributed by atoms with E-state index in [9.17, 15) is 14.7 Å². The molecule has 0 bridgehead atoms. The Bertz CT molecular complexity index is 676. The fourth-order valence-electron chi connectivity index (χ4n) is 2.93. The summed E-state index contributed by atoms with van der Waals surface area (Å²) in [5, 5.41) is 15.3. The summed E-state index contributed by atoms with van der Waals surface area (Å²) in [7, 11) is 1.51. The molecule has 1 unspecified atom stereocenters. The number of amides is 1. The number of anilines is 1. The van der Waals surface area contributed by atoms with Crippen LogP contribution in [0.1, 0.15) is 38.5 Å². The second kappa shape index (κ2) is 10.2. The van der Waals surface area contributed by atoms with Gasteiger partial charge >= 0.3 is 5.97 Å². The van der Waals surface area contributed by atoms with Gasteiger partial charge in [-0.2, -0.15) is 0 Å². The second-order valence-corrected chi connectivity index (χ2v) is 6.71. The average Bonchev–Trinajstić information content (AvgIpc) is 2.62. The second-order valence-electron chi connectivity index (χ2n) is 6.30. The monoisotopic (exact) mass is 380 g/mol. The van der Waals surface area contributed by atoms with Crippen molar-refractivity contribution in [2.75, 3.05) is 19.0 Å². The third-order valence-electron chi connectivity index (χ3n) is 4.35. The van der Waals surface area contributed by atoms with Crippen LogP contribution in [0.3, 0.4) is 0 Å². The fraction of sp³-hybridized carbons (Fsp3) is 0.474. The average molecular weight is 381 g/mol. The normalized spacial score (nSPS) is 15.1. The van der Waals surface area contributed by atoms with Crippen LogP contribution in [0.15, 0.2) is 29.8 Å². The van der Waals surface area contributed by atoms with Crippen LogP contribution < -0.4 is 15.4 Å². The van der Waals surface area contributed by atoms with Crippen molar-refractivity contribution in [3.8, 4) is 5.75 Å². The highest BCUT2D eigenvalue weighted by molar-refractivity contribution is 6.32. The third-order valence-corrected chi connectivity index (χ3v) is 4.64. The Labute approximate surface area is 158 Å². The molecule has 1 amide bonds. The highest BCUT2D eigenvalue weighted by Gasteiger charge is 2.21. The molecule has 1 aliphatic rings. The van der Waals surface area contributed by atoms with Gasteiger partial charge < -0.3 is 20.5 Å². The predicted octanol–water partition coefficient (Wildman–Crippen LogP) is 3.61. The molecule has 142 valence electrons. The van der Waals surface area contributed by atoms with Crippen LogP contribution in [-0.4, -0.2) is 36.7 Å². The molecule has 1 aliphatic carbocycles. The first kappa shape index (κ1) is 20.3. The third kappa shape index (κ3) is 6.35. The number of hydrogen-bond acceptors (Lipinski definition) is 4. The highest BCUT2D eigenvalue weighted by Crippen LogP contribution is 2.27. The fourth-order valence-corrected chi connectivity index (χ4v) is 3.18. The molecule has 3 N–H and O–H groups in total. The van der Waals surface area contributed by atoms with Crippen LogP contribution in [0, 0.1) is 0 Å². The predicted molar refractivity (Wildman–Crippen MR) is 102 cm³/mol. The summed E-state index contributed by atoms with van der Waals surface area (Å²) in [6.07, 6.45) is 7.51. The Morgan fingerprint density at radius 1 is 1.35 bits per heavy atom. The Hall–Kier alpha value is -2.05. The number of carboxylic acid groups (broad SMARTS) is 1. The Kier molecular flexibility index (Phi) is 7.94. The molecule has 0 saturated heterocycles. The van der Waals surface area contributed by atoms with E-state index in [1.807, 2.05) is 0 Å². The topological polar surface area (TPSA) is 87.7 Å². The summed E-state index contributed by atoms with van der Waals surface area (Å²) < 4.78 is 5.06. The summed E-state index contributed by atoms with van der Waals surface area (Å²) >= 11 is 6.02. The van der Waals surface area contributed by atoms with Crippen molar-refractivity contribution in [2.24, 2.45) is 0 Å². The van der Waals surface area contributed by atoms with Gasteiger partial charge in [0, 0.05) is 5.69 Å². The minimum Gasteiger partial charge on any atom is -0.495 e. The Morgan fingerprint density at radius 3 is 2.77 bits per heavy atom. The van der Waals surface area contributed by atoms with E-state index in [2.05, 4.69) is 16.7 Å². The van der Waals surface area contributed by atoms with Crippen molar-refractivity contribution in [3.05, 3.63) is 34.9 Å². The number of carbonyl (C=O) groups excluding carboxylic acids is 1. The molecule has 26 heavy (non-hydrogen) atoms. The number of halogens is 1. The van der Waals surface area contributed by atoms with Gasteiger partial charge in [0.2, 0.25) is 5.91 Å². The van der Waals surface area contributed by atoms with Crippen molar-refractivity contribution < 1.29 is 19.4 Å². The minimum absolute atomic E-state index is 0.155. The number of nitrogens with one attached hydrogen (secondary N) is 2. The van der Waals surface area contributed by atoms with Crippen molar-refractivity contribution in [1.29, 1.82) is 0 Å². The summed E-state index contributed by atoms with van der Waals surface area (Å²) in [6.45, 7) is 0.546. The Balaban J connectivity index is 1.84. The molecule has 2 rings (SSSR count). The first-order chi connectivity index (χ1) is 12.5. The van der Waals surface area contributed by atoms with Gasteiger partial charge in [0.25, 0.3) is 0 Å². The van der Waals surface area contributed by atoms with Crippen LogP contribution in [0.5, 0.6) is 5.75 Å². The maximum atomic E-state index is 12.2. The SMILES string of the molecule is COc1ccc(NC(=O)CC(NCCC2=CCCCC2)C(=O)O)cc1Cl. The maximum Gasteiger partial charge on any atom is 0.321 e. The van der Waals surface area contributed by atoms with Crippen LogP contribution >= 0.6 is 11.6 Å². The summed E-state index contributed by atoms with van der Waals surface area (Å²) in [6, 6.07) is 3.94. The van der Waals surface area contributed by atoms with Gasteiger partial charge in [-0.15, -0.1) is 0 Å². The highest BCUT2D eigenvalue weighted by atomic mass is 35.5. The largest absolute Gasteiger partial charge is 0.495 e. The van der Waals surface area contributed by atoms with Gasteiger partial charge in [0.1, 0.15) is 11.8 Å². The molecule has 7 heteroatoms. The minimum atomic E-state index is -1.04. The number of allylic oxidation sites excluding steroid dienone is 1. The van der Waals surface area contributed by atoms with E-state index in [1.54, 1.807) is 18.2 Å². The molecule has 1 atom stereocenters. The molecule has 1 aromatic rings. The molecule has 0 fully saturated rings. The zero-order valence-corrected chi connectivity index (χ0v) is 15.6. The molecule has 0 radical (unpaired) electrons. The lowest BCUT2D eigenvalue weighted by molar-refractivity contribution is -0.141. The van der Waals surface area contributed by atoms with Gasteiger partial charge in [0.05, 0.1) is 18.6 Å². The molecule has 1 aromatic carbocycles. The van der Waals surface area contributed by atoms with Crippen molar-refractivity contribution in [2.45, 2.75) is 44.6 Å². The molecule has 0 heterocycles. The standard InChI is InChI=1S/C19H25ClN2O4/c1-26-17-8-7-14(11-15(17)20)22-18(23)12-16(19(24)25)21-10-9-13-5-3-2-4-6-13/h5,7-8,11,16,21H,2-4,6,9-10,12H2,1H3,(H,22,23)(H,24,25). The van der Waals surface area contributed by atoms with E-state index in [4.69, 9.17) is 16.3 Å². The van der Waals surface area contributed by atoms with Gasteiger partial charge in [-0.25, -0.2) is 0 Å². The first-order valence-electron chi connectivity index (χ1n) is 8.77. The van der Waals surface area contributed by atoms with Gasteiger partial charge in [-0.1, -0.05) is 23.3 Å². The van der Waals surface area contributed by atoms with Crippen molar-refractivity contribution >= 4 is 29.2 Å². The Morgan fingerprint density at radius 2 is 2.15 bits per heavy atom. The van der Waals surface area contributed by atoms with E-state index < -0.39 is 12.0 Å². The van der Waals surface area contributed by atoms with E-state index in [0.29, 0.717) is 23.0 Å². The molecular formula is C19H25ClN2O4. The zero-order valence-electron chi connectivity index (χ0n) is 14.9. The zero-order chi connectivity index (χ0) is 18.9. The van der Waals surface area contributed by atoms with Gasteiger partial charge in [-0.05, 0) is 56.8 Å². The van der Waals surface area contributed by atoms with Crippen LogP contribution in [0.25, 0.3) is 0 Å². The molecule has 6 nitrogen and oxygen atoms in total. The summed E-state index contributed by atoms with van der Waals surface area (Å²) in [5.74, 6) is -0.916. The van der Waals surface area contributed by atoms with E-state index in [1.165, 1.54) is 25.5 Å². The number of rotatable bonds is 9. The lowest BCUT2D eigenvalue weighted by atomic mass is 9.97. The van der Waals surface area contributed by atoms with Crippen molar-refractivity contribution in [3.63, 3.8) is 0 Å². The number of methoxy groups -OCH3 is 1. The quantitative estimate of drug-likeness (QED) is 0.569. The van der Waals surface area contributed by atoms with Gasteiger partial charge in [-0.3, -0.25) is 9.59 Å². The van der Waals surface area contributed by atoms with E-state index in [-0.39, 0.29) is 12.3 Å². The van der Waals surface area contributed by atoms with Gasteiger partial charge in [0.15, 0.2) is 0 Å². The number of hydrogen-bond donors (Lipinski definition) is 3. The lowest BCUT2D eigenvalue weighted by Crippen LogP contribution is -2.40. The number of carbonyl (C=O) groups is 2. The number of ether oxygens (including phenoxy) is 1. The van der Waals surface area contributed by atoms with E-state index in [0.717, 1.165) is 19.3 Å². The maximum absolute atomic E-state index is 12.2. The first-order valence-corrected chi connectivity index (χ1v) is 9.15. The van der Waals surface area contributed by atoms with Crippen molar-refractivity contribution in [1.82, 2.24) is 5.32 Å². The molecule has 0 saturated carbocycles. The summed E-state index contributed by atoms with van der Waals surface area (Å²) in [5.41, 5.74) is 1.86.